The van der Waals surface area contributed by atoms with Crippen LogP contribution in [0.3, 0.4) is 0 Å². The van der Waals surface area contributed by atoms with Crippen molar-refractivity contribution in [1.82, 2.24) is 9.80 Å². The van der Waals surface area contributed by atoms with E-state index in [0.29, 0.717) is 18.7 Å². The Hall–Kier alpha value is -0.650. The van der Waals surface area contributed by atoms with E-state index in [1.807, 2.05) is 6.92 Å². The molecule has 0 aromatic rings. The predicted octanol–water partition coefficient (Wildman–Crippen LogP) is 1.22. The lowest BCUT2D eigenvalue weighted by Gasteiger charge is -2.39. The van der Waals surface area contributed by atoms with Crippen LogP contribution in [0.5, 0.6) is 0 Å². The molecule has 21 heavy (non-hydrogen) atoms. The normalized spacial score (nSPS) is 31.8. The maximum atomic E-state index is 12.0. The Morgan fingerprint density at radius 3 is 2.52 bits per heavy atom. The Morgan fingerprint density at radius 1 is 1.29 bits per heavy atom. The number of likely N-dealkylation sites (tertiary alicyclic amines) is 1. The molecule has 2 fully saturated rings. The lowest BCUT2D eigenvalue weighted by Crippen LogP contribution is -2.50. The minimum Gasteiger partial charge on any atom is -0.465 e. The van der Waals surface area contributed by atoms with Crippen molar-refractivity contribution in [3.8, 4) is 0 Å². The van der Waals surface area contributed by atoms with Crippen LogP contribution in [0.4, 0.5) is 0 Å². The molecule has 2 atom stereocenters. The minimum atomic E-state index is -0.765. The Balaban J connectivity index is 1.87. The van der Waals surface area contributed by atoms with Gasteiger partial charge in [0.25, 0.3) is 0 Å². The number of hydrogen-bond acceptors (Lipinski definition) is 5. The summed E-state index contributed by atoms with van der Waals surface area (Å²) in [5, 5.41) is 0. The van der Waals surface area contributed by atoms with Gasteiger partial charge < -0.3 is 20.3 Å². The zero-order valence-corrected chi connectivity index (χ0v) is 13.8. The fourth-order valence-corrected chi connectivity index (χ4v) is 3.80. The zero-order chi connectivity index (χ0) is 15.5. The van der Waals surface area contributed by atoms with Gasteiger partial charge in [0.1, 0.15) is 5.54 Å². The average Bonchev–Trinajstić information content (AvgIpc) is 2.91. The van der Waals surface area contributed by atoms with Crippen molar-refractivity contribution in [1.29, 1.82) is 0 Å². The molecule has 2 aliphatic rings. The summed E-state index contributed by atoms with van der Waals surface area (Å²) in [7, 11) is 2.20. The second-order valence-corrected chi connectivity index (χ2v) is 6.60. The first-order valence-electron chi connectivity index (χ1n) is 8.40. The van der Waals surface area contributed by atoms with Crippen LogP contribution in [0.25, 0.3) is 0 Å². The molecule has 1 aliphatic carbocycles. The van der Waals surface area contributed by atoms with E-state index < -0.39 is 5.54 Å². The van der Waals surface area contributed by atoms with Crippen LogP contribution in [0.2, 0.25) is 0 Å². The van der Waals surface area contributed by atoms with Crippen LogP contribution in [-0.4, -0.2) is 66.7 Å². The number of piperidine rings is 1. The van der Waals surface area contributed by atoms with Gasteiger partial charge >= 0.3 is 5.97 Å². The van der Waals surface area contributed by atoms with Gasteiger partial charge in [-0.25, -0.2) is 0 Å². The van der Waals surface area contributed by atoms with Crippen molar-refractivity contribution < 1.29 is 9.53 Å². The number of carbonyl (C=O) groups excluding carboxylic acids is 1. The number of nitrogens with zero attached hydrogens (tertiary/aromatic N) is 2. The Kier molecular flexibility index (Phi) is 5.63. The van der Waals surface area contributed by atoms with E-state index in [2.05, 4.69) is 23.8 Å². The molecule has 1 saturated carbocycles. The average molecular weight is 297 g/mol. The van der Waals surface area contributed by atoms with Crippen molar-refractivity contribution in [2.75, 3.05) is 33.3 Å². The Morgan fingerprint density at radius 2 is 1.95 bits per heavy atom. The largest absolute Gasteiger partial charge is 0.465 e. The highest BCUT2D eigenvalue weighted by Gasteiger charge is 2.45. The first-order chi connectivity index (χ1) is 10.00. The molecule has 0 aromatic carbocycles. The van der Waals surface area contributed by atoms with E-state index in [4.69, 9.17) is 10.5 Å². The topological polar surface area (TPSA) is 58.8 Å². The summed E-state index contributed by atoms with van der Waals surface area (Å²) < 4.78 is 5.14. The van der Waals surface area contributed by atoms with Gasteiger partial charge in [0.2, 0.25) is 0 Å². The standard InChI is InChI=1S/C16H31N3O2/c1-4-19-10-7-13(8-11-19)18(3)14-6-9-16(17,12-14)15(20)21-5-2/h13-14H,4-12,17H2,1-3H3. The van der Waals surface area contributed by atoms with Crippen LogP contribution in [0.15, 0.2) is 0 Å². The Bertz CT molecular complexity index is 355. The first kappa shape index (κ1) is 16.7. The molecular weight excluding hydrogens is 266 g/mol. The molecule has 5 nitrogen and oxygen atoms in total. The molecule has 1 heterocycles. The first-order valence-corrected chi connectivity index (χ1v) is 8.40. The fraction of sp³-hybridized carbons (Fsp3) is 0.938. The van der Waals surface area contributed by atoms with Gasteiger partial charge in [-0.15, -0.1) is 0 Å². The van der Waals surface area contributed by atoms with Crippen molar-refractivity contribution >= 4 is 5.97 Å². The summed E-state index contributed by atoms with van der Waals surface area (Å²) in [5.74, 6) is -0.221. The summed E-state index contributed by atoms with van der Waals surface area (Å²) in [6.45, 7) is 7.99. The highest BCUT2D eigenvalue weighted by atomic mass is 16.5. The lowest BCUT2D eigenvalue weighted by atomic mass is 9.97. The summed E-state index contributed by atoms with van der Waals surface area (Å²) >= 11 is 0. The quantitative estimate of drug-likeness (QED) is 0.773. The number of nitrogens with two attached hydrogens (primary N) is 1. The maximum Gasteiger partial charge on any atom is 0.326 e. The van der Waals surface area contributed by atoms with E-state index in [0.717, 1.165) is 25.8 Å². The summed E-state index contributed by atoms with van der Waals surface area (Å²) in [6, 6.07) is 1.04. The third-order valence-corrected chi connectivity index (χ3v) is 5.36. The SMILES string of the molecule is CCOC(=O)C1(N)CCC(N(C)C2CCN(CC)CC2)C1. The van der Waals surface area contributed by atoms with Gasteiger partial charge in [-0.2, -0.15) is 0 Å². The molecule has 5 heteroatoms. The maximum absolute atomic E-state index is 12.0. The monoisotopic (exact) mass is 297 g/mol. The smallest absolute Gasteiger partial charge is 0.326 e. The van der Waals surface area contributed by atoms with E-state index in [-0.39, 0.29) is 5.97 Å². The number of carbonyl (C=O) groups is 1. The summed E-state index contributed by atoms with van der Waals surface area (Å²) in [6.07, 6.45) is 4.92. The number of ether oxygens (including phenoxy) is 1. The molecule has 122 valence electrons. The lowest BCUT2D eigenvalue weighted by molar-refractivity contribution is -0.149. The molecule has 1 aliphatic heterocycles. The predicted molar refractivity (Wildman–Crippen MR) is 84.1 cm³/mol. The molecule has 2 rings (SSSR count). The summed E-state index contributed by atoms with van der Waals surface area (Å²) in [4.78, 5) is 17.0. The van der Waals surface area contributed by atoms with E-state index in [1.165, 1.54) is 25.9 Å². The van der Waals surface area contributed by atoms with Crippen LogP contribution in [-0.2, 0) is 9.53 Å². The highest BCUT2D eigenvalue weighted by molar-refractivity contribution is 5.81. The molecule has 0 radical (unpaired) electrons. The second-order valence-electron chi connectivity index (χ2n) is 6.60. The van der Waals surface area contributed by atoms with Gasteiger partial charge in [0, 0.05) is 12.1 Å². The van der Waals surface area contributed by atoms with Crippen molar-refractivity contribution in [3.63, 3.8) is 0 Å². The Labute approximate surface area is 128 Å². The minimum absolute atomic E-state index is 0.221. The third-order valence-electron chi connectivity index (χ3n) is 5.36. The fourth-order valence-electron chi connectivity index (χ4n) is 3.80. The number of esters is 1. The molecule has 0 bridgehead atoms. The van der Waals surface area contributed by atoms with Gasteiger partial charge in [-0.1, -0.05) is 6.92 Å². The van der Waals surface area contributed by atoms with Gasteiger partial charge in [-0.3, -0.25) is 4.79 Å². The van der Waals surface area contributed by atoms with Crippen molar-refractivity contribution in [2.45, 2.75) is 63.6 Å². The second kappa shape index (κ2) is 7.07. The van der Waals surface area contributed by atoms with Crippen LogP contribution >= 0.6 is 0 Å². The number of rotatable bonds is 5. The van der Waals surface area contributed by atoms with E-state index in [9.17, 15) is 4.79 Å². The van der Waals surface area contributed by atoms with Crippen LogP contribution in [0.1, 0.15) is 46.0 Å². The third kappa shape index (κ3) is 3.76. The number of hydrogen-bond donors (Lipinski definition) is 1. The zero-order valence-electron chi connectivity index (χ0n) is 13.8. The van der Waals surface area contributed by atoms with Gasteiger partial charge in [0.15, 0.2) is 0 Å². The van der Waals surface area contributed by atoms with Crippen LogP contribution in [0, 0.1) is 0 Å². The molecule has 0 spiro atoms. The molecular formula is C16H31N3O2. The molecule has 1 saturated heterocycles. The molecule has 2 N–H and O–H groups in total. The van der Waals surface area contributed by atoms with Gasteiger partial charge in [0.05, 0.1) is 6.61 Å². The molecule has 2 unspecified atom stereocenters. The summed E-state index contributed by atoms with van der Waals surface area (Å²) in [5.41, 5.74) is 5.52. The van der Waals surface area contributed by atoms with E-state index >= 15 is 0 Å². The van der Waals surface area contributed by atoms with Crippen molar-refractivity contribution in [2.24, 2.45) is 5.73 Å². The van der Waals surface area contributed by atoms with Gasteiger partial charge in [-0.05, 0) is 65.7 Å². The molecule has 0 amide bonds. The molecule has 0 aromatic heterocycles. The highest BCUT2D eigenvalue weighted by Crippen LogP contribution is 2.34. The van der Waals surface area contributed by atoms with Crippen LogP contribution < -0.4 is 5.73 Å². The van der Waals surface area contributed by atoms with E-state index in [1.54, 1.807) is 0 Å². The van der Waals surface area contributed by atoms with Crippen molar-refractivity contribution in [3.05, 3.63) is 0 Å².